The third-order valence-corrected chi connectivity index (χ3v) is 5.64. The second kappa shape index (κ2) is 6.53. The van der Waals surface area contributed by atoms with Crippen LogP contribution in [0.15, 0.2) is 0 Å². The first-order valence-corrected chi connectivity index (χ1v) is 7.80. The van der Waals surface area contributed by atoms with Gasteiger partial charge in [-0.25, -0.2) is 0 Å². The molecule has 2 unspecified atom stereocenters. The van der Waals surface area contributed by atoms with Crippen LogP contribution in [0.2, 0.25) is 0 Å². The first kappa shape index (κ1) is 13.9. The Hall–Kier alpha value is -0.180. The Balaban J connectivity index is 2.41. The van der Waals surface area contributed by atoms with E-state index in [2.05, 4.69) is 13.8 Å². The topological polar surface area (TPSA) is 34.1 Å². The van der Waals surface area contributed by atoms with E-state index < -0.39 is 10.8 Å². The van der Waals surface area contributed by atoms with Gasteiger partial charge in [0.25, 0.3) is 0 Å². The second-order valence-corrected chi connectivity index (χ2v) is 7.07. The Morgan fingerprint density at radius 3 is 2.25 bits per heavy atom. The lowest BCUT2D eigenvalue weighted by Gasteiger charge is -2.21. The SMILES string of the molecule is CC(C)C(C)S(=O)CC(=O)C1CCCCC1. The molecule has 0 aliphatic heterocycles. The molecule has 2 nitrogen and oxygen atoms in total. The van der Waals surface area contributed by atoms with E-state index in [1.54, 1.807) is 0 Å². The molecular weight excluding hydrogens is 220 g/mol. The van der Waals surface area contributed by atoms with Crippen LogP contribution in [-0.2, 0) is 15.6 Å². The number of ketones is 1. The highest BCUT2D eigenvalue weighted by atomic mass is 32.2. The van der Waals surface area contributed by atoms with E-state index in [1.165, 1.54) is 19.3 Å². The molecule has 1 aliphatic rings. The van der Waals surface area contributed by atoms with E-state index in [1.807, 2.05) is 6.92 Å². The number of carbonyl (C=O) groups excluding carboxylic acids is 1. The smallest absolute Gasteiger partial charge is 0.148 e. The third kappa shape index (κ3) is 4.00. The molecule has 0 aromatic heterocycles. The first-order chi connectivity index (χ1) is 7.52. The zero-order valence-electron chi connectivity index (χ0n) is 10.7. The summed E-state index contributed by atoms with van der Waals surface area (Å²) in [5, 5.41) is 0.132. The molecule has 0 radical (unpaired) electrons. The highest BCUT2D eigenvalue weighted by Crippen LogP contribution is 2.25. The summed E-state index contributed by atoms with van der Waals surface area (Å²) in [6, 6.07) is 0. The summed E-state index contributed by atoms with van der Waals surface area (Å²) in [5.41, 5.74) is 0. The van der Waals surface area contributed by atoms with E-state index in [-0.39, 0.29) is 22.7 Å². The summed E-state index contributed by atoms with van der Waals surface area (Å²) in [7, 11) is -0.976. The highest BCUT2D eigenvalue weighted by Gasteiger charge is 2.25. The molecule has 0 spiro atoms. The van der Waals surface area contributed by atoms with Crippen molar-refractivity contribution in [3.63, 3.8) is 0 Å². The Bertz CT molecular complexity index is 255. The lowest BCUT2D eigenvalue weighted by molar-refractivity contribution is -0.121. The number of Topliss-reactive ketones (excluding diaryl/α,β-unsaturated/α-hetero) is 1. The Morgan fingerprint density at radius 1 is 1.19 bits per heavy atom. The fraction of sp³-hybridized carbons (Fsp3) is 0.923. The molecule has 0 N–H and O–H groups in total. The van der Waals surface area contributed by atoms with Gasteiger partial charge in [-0.15, -0.1) is 0 Å². The van der Waals surface area contributed by atoms with Crippen LogP contribution in [0.25, 0.3) is 0 Å². The monoisotopic (exact) mass is 244 g/mol. The minimum atomic E-state index is -0.976. The summed E-state index contributed by atoms with van der Waals surface area (Å²) < 4.78 is 11.9. The van der Waals surface area contributed by atoms with E-state index in [0.29, 0.717) is 5.92 Å². The standard InChI is InChI=1S/C13H24O2S/c1-10(2)11(3)16(15)9-13(14)12-7-5-4-6-8-12/h10-12H,4-9H2,1-3H3. The van der Waals surface area contributed by atoms with E-state index in [4.69, 9.17) is 0 Å². The number of rotatable bonds is 5. The van der Waals surface area contributed by atoms with Gasteiger partial charge in [-0.2, -0.15) is 0 Å². The second-order valence-electron chi connectivity index (χ2n) is 5.28. The number of hydrogen-bond donors (Lipinski definition) is 0. The average molecular weight is 244 g/mol. The molecule has 1 rings (SSSR count). The van der Waals surface area contributed by atoms with Gasteiger partial charge in [-0.1, -0.05) is 40.0 Å². The van der Waals surface area contributed by atoms with Crippen LogP contribution in [0, 0.1) is 11.8 Å². The largest absolute Gasteiger partial charge is 0.298 e. The van der Waals surface area contributed by atoms with E-state index in [0.717, 1.165) is 12.8 Å². The van der Waals surface area contributed by atoms with Crippen molar-refractivity contribution in [2.24, 2.45) is 11.8 Å². The maximum atomic E-state index is 11.9. The lowest BCUT2D eigenvalue weighted by Crippen LogP contribution is -2.28. The lowest BCUT2D eigenvalue weighted by atomic mass is 9.87. The van der Waals surface area contributed by atoms with Crippen molar-refractivity contribution in [3.8, 4) is 0 Å². The molecule has 0 aromatic rings. The Kier molecular flexibility index (Phi) is 5.67. The maximum absolute atomic E-state index is 11.9. The fourth-order valence-electron chi connectivity index (χ4n) is 2.12. The summed E-state index contributed by atoms with van der Waals surface area (Å²) in [6.07, 6.45) is 5.64. The van der Waals surface area contributed by atoms with Gasteiger partial charge in [0.2, 0.25) is 0 Å². The molecule has 3 heteroatoms. The minimum Gasteiger partial charge on any atom is -0.298 e. The van der Waals surface area contributed by atoms with Crippen molar-refractivity contribution in [1.29, 1.82) is 0 Å². The van der Waals surface area contributed by atoms with Gasteiger partial charge < -0.3 is 0 Å². The van der Waals surface area contributed by atoms with E-state index in [9.17, 15) is 9.00 Å². The van der Waals surface area contributed by atoms with Gasteiger partial charge in [-0.05, 0) is 18.8 Å². The molecule has 1 aliphatic carbocycles. The van der Waals surface area contributed by atoms with Gasteiger partial charge in [0.05, 0.1) is 5.75 Å². The van der Waals surface area contributed by atoms with E-state index >= 15 is 0 Å². The van der Waals surface area contributed by atoms with Crippen molar-refractivity contribution >= 4 is 16.6 Å². The molecule has 0 aromatic carbocycles. The predicted molar refractivity (Wildman–Crippen MR) is 68.9 cm³/mol. The van der Waals surface area contributed by atoms with Crippen LogP contribution < -0.4 is 0 Å². The minimum absolute atomic E-state index is 0.132. The molecule has 0 saturated heterocycles. The zero-order chi connectivity index (χ0) is 12.1. The molecule has 0 amide bonds. The van der Waals surface area contributed by atoms with Crippen LogP contribution in [0.4, 0.5) is 0 Å². The summed E-state index contributed by atoms with van der Waals surface area (Å²) in [4.78, 5) is 11.9. The molecule has 94 valence electrons. The fourth-order valence-corrected chi connectivity index (χ4v) is 3.50. The molecule has 0 bridgehead atoms. The van der Waals surface area contributed by atoms with Gasteiger partial charge >= 0.3 is 0 Å². The van der Waals surface area contributed by atoms with Gasteiger partial charge in [-0.3, -0.25) is 9.00 Å². The predicted octanol–water partition coefficient (Wildman–Crippen LogP) is 2.93. The van der Waals surface area contributed by atoms with Crippen molar-refractivity contribution < 1.29 is 9.00 Å². The van der Waals surface area contributed by atoms with Crippen LogP contribution in [-0.4, -0.2) is 21.0 Å². The molecule has 1 fully saturated rings. The Labute approximate surface area is 102 Å². The van der Waals surface area contributed by atoms with Crippen molar-refractivity contribution in [2.45, 2.75) is 58.1 Å². The zero-order valence-corrected chi connectivity index (χ0v) is 11.5. The molecular formula is C13H24O2S. The van der Waals surface area contributed by atoms with Crippen LogP contribution in [0.5, 0.6) is 0 Å². The number of carbonyl (C=O) groups is 1. The van der Waals surface area contributed by atoms with Crippen LogP contribution in [0.3, 0.4) is 0 Å². The van der Waals surface area contributed by atoms with Crippen molar-refractivity contribution in [1.82, 2.24) is 0 Å². The Morgan fingerprint density at radius 2 is 1.75 bits per heavy atom. The molecule has 2 atom stereocenters. The third-order valence-electron chi connectivity index (χ3n) is 3.70. The average Bonchev–Trinajstić information content (AvgIpc) is 2.28. The first-order valence-electron chi connectivity index (χ1n) is 6.42. The van der Waals surface area contributed by atoms with Crippen molar-refractivity contribution in [3.05, 3.63) is 0 Å². The quantitative estimate of drug-likeness (QED) is 0.745. The van der Waals surface area contributed by atoms with Gasteiger partial charge in [0.1, 0.15) is 5.78 Å². The van der Waals surface area contributed by atoms with Crippen LogP contribution >= 0.6 is 0 Å². The van der Waals surface area contributed by atoms with Crippen LogP contribution in [0.1, 0.15) is 52.9 Å². The van der Waals surface area contributed by atoms with Crippen molar-refractivity contribution in [2.75, 3.05) is 5.75 Å². The summed E-state index contributed by atoms with van der Waals surface area (Å²) in [5.74, 6) is 1.12. The molecule has 16 heavy (non-hydrogen) atoms. The van der Waals surface area contributed by atoms with Gasteiger partial charge in [0, 0.05) is 22.0 Å². The number of hydrogen-bond acceptors (Lipinski definition) is 2. The molecule has 1 saturated carbocycles. The maximum Gasteiger partial charge on any atom is 0.148 e. The summed E-state index contributed by atoms with van der Waals surface area (Å²) in [6.45, 7) is 6.11. The molecule has 0 heterocycles. The highest BCUT2D eigenvalue weighted by molar-refractivity contribution is 7.86. The van der Waals surface area contributed by atoms with Gasteiger partial charge in [0.15, 0.2) is 0 Å². The summed E-state index contributed by atoms with van der Waals surface area (Å²) >= 11 is 0. The normalized spacial score (nSPS) is 22.0.